The topological polar surface area (TPSA) is 142 Å². The van der Waals surface area contributed by atoms with E-state index in [1.807, 2.05) is 0 Å². The van der Waals surface area contributed by atoms with Crippen LogP contribution in [0.2, 0.25) is 0 Å². The number of carboxylic acids is 2. The van der Waals surface area contributed by atoms with Crippen LogP contribution in [0.3, 0.4) is 0 Å². The lowest BCUT2D eigenvalue weighted by Crippen LogP contribution is -2.22. The monoisotopic (exact) mass is 478 g/mol. The van der Waals surface area contributed by atoms with Crippen LogP contribution in [0.1, 0.15) is 41.4 Å². The molecule has 0 unspecified atom stereocenters. The van der Waals surface area contributed by atoms with E-state index < -0.39 is 34.9 Å². The minimum absolute atomic E-state index is 0.00935. The van der Waals surface area contributed by atoms with Gasteiger partial charge in [-0.25, -0.2) is 19.3 Å². The summed E-state index contributed by atoms with van der Waals surface area (Å²) in [6.45, 7) is 14.7. The molecule has 0 saturated heterocycles. The van der Waals surface area contributed by atoms with Gasteiger partial charge in [-0.05, 0) is 48.5 Å². The molecule has 36 heavy (non-hydrogen) atoms. The summed E-state index contributed by atoms with van der Waals surface area (Å²) < 4.78 is 0. The van der Waals surface area contributed by atoms with Crippen molar-refractivity contribution in [3.05, 3.63) is 117 Å². The SMILES string of the molecule is [C-]#[N+]C1=C([N+]#[C-])C(=O)c2c(Nc3cccc(C(=O)O)c3)ccc(Nc3cccc(C(=O)O)c3)c2C1=O. The first-order valence-electron chi connectivity index (χ1n) is 10.2. The van der Waals surface area contributed by atoms with E-state index in [2.05, 4.69) is 20.3 Å². The van der Waals surface area contributed by atoms with Crippen LogP contribution in [-0.4, -0.2) is 33.7 Å². The van der Waals surface area contributed by atoms with Gasteiger partial charge < -0.3 is 30.4 Å². The Morgan fingerprint density at radius 3 is 1.39 bits per heavy atom. The molecule has 0 fully saturated rings. The van der Waals surface area contributed by atoms with Gasteiger partial charge in [0.2, 0.25) is 11.4 Å². The predicted molar refractivity (Wildman–Crippen MR) is 129 cm³/mol. The lowest BCUT2D eigenvalue weighted by molar-refractivity contribution is 0.0686. The summed E-state index contributed by atoms with van der Waals surface area (Å²) in [4.78, 5) is 55.5. The summed E-state index contributed by atoms with van der Waals surface area (Å²) >= 11 is 0. The van der Waals surface area contributed by atoms with Crippen LogP contribution in [0.15, 0.2) is 72.1 Å². The van der Waals surface area contributed by atoms with E-state index in [1.165, 1.54) is 48.5 Å². The average Bonchev–Trinajstić information content (AvgIpc) is 2.87. The second-order valence-corrected chi connectivity index (χ2v) is 7.51. The Bertz CT molecular complexity index is 1490. The molecule has 0 spiro atoms. The number of anilines is 4. The van der Waals surface area contributed by atoms with Gasteiger partial charge >= 0.3 is 11.9 Å². The zero-order valence-electron chi connectivity index (χ0n) is 18.2. The molecule has 3 aromatic rings. The van der Waals surface area contributed by atoms with Gasteiger partial charge in [0, 0.05) is 33.9 Å². The number of Topliss-reactive ketones (excluding diaryl/α,β-unsaturated/α-hetero) is 2. The van der Waals surface area contributed by atoms with Crippen LogP contribution in [0.5, 0.6) is 0 Å². The number of nitrogens with zero attached hydrogens (tertiary/aromatic N) is 2. The molecule has 1 aliphatic rings. The zero-order chi connectivity index (χ0) is 26.0. The summed E-state index contributed by atoms with van der Waals surface area (Å²) in [5.41, 5.74) is -0.702. The highest BCUT2D eigenvalue weighted by atomic mass is 16.4. The zero-order valence-corrected chi connectivity index (χ0v) is 18.2. The highest BCUT2D eigenvalue weighted by molar-refractivity contribution is 6.32. The van der Waals surface area contributed by atoms with Crippen molar-refractivity contribution in [3.8, 4) is 0 Å². The van der Waals surface area contributed by atoms with Gasteiger partial charge in [0.25, 0.3) is 0 Å². The molecule has 0 bridgehead atoms. The second kappa shape index (κ2) is 9.25. The number of allylic oxidation sites excluding steroid dienone is 2. The van der Waals surface area contributed by atoms with Gasteiger partial charge in [-0.1, -0.05) is 12.1 Å². The maximum atomic E-state index is 13.3. The number of carboxylic acid groups (broad SMARTS) is 2. The van der Waals surface area contributed by atoms with Crippen LogP contribution in [0.25, 0.3) is 9.69 Å². The van der Waals surface area contributed by atoms with E-state index in [-0.39, 0.29) is 33.6 Å². The number of aromatic carboxylic acids is 2. The number of carbonyl (C=O) groups is 4. The molecule has 0 heterocycles. The summed E-state index contributed by atoms with van der Waals surface area (Å²) in [6.07, 6.45) is 0. The Labute approximate surface area is 203 Å². The van der Waals surface area contributed by atoms with Crippen molar-refractivity contribution in [1.29, 1.82) is 0 Å². The van der Waals surface area contributed by atoms with Crippen molar-refractivity contribution >= 4 is 46.3 Å². The number of hydrogen-bond donors (Lipinski definition) is 4. The summed E-state index contributed by atoms with van der Waals surface area (Å²) in [5.74, 6) is -4.00. The Hall–Kier alpha value is -5.74. The highest BCUT2D eigenvalue weighted by Gasteiger charge is 2.37. The lowest BCUT2D eigenvalue weighted by Gasteiger charge is -2.22. The first kappa shape index (κ1) is 23.4. The normalized spacial score (nSPS) is 12.3. The summed E-state index contributed by atoms with van der Waals surface area (Å²) in [7, 11) is 0. The van der Waals surface area contributed by atoms with Crippen LogP contribution in [0, 0.1) is 13.1 Å². The van der Waals surface area contributed by atoms with Crippen molar-refractivity contribution in [2.75, 3.05) is 10.6 Å². The van der Waals surface area contributed by atoms with Crippen LogP contribution >= 0.6 is 0 Å². The molecule has 174 valence electrons. The average molecular weight is 478 g/mol. The molecule has 0 aromatic heterocycles. The first-order chi connectivity index (χ1) is 17.2. The van der Waals surface area contributed by atoms with E-state index >= 15 is 0 Å². The molecular formula is C26H14N4O6. The van der Waals surface area contributed by atoms with Crippen LogP contribution in [0.4, 0.5) is 22.7 Å². The summed E-state index contributed by atoms with van der Waals surface area (Å²) in [6, 6.07) is 14.5. The number of ketones is 2. The van der Waals surface area contributed by atoms with Gasteiger partial charge in [-0.2, -0.15) is 0 Å². The maximum Gasteiger partial charge on any atom is 0.335 e. The fourth-order valence-corrected chi connectivity index (χ4v) is 3.71. The predicted octanol–water partition coefficient (Wildman–Crippen LogP) is 5.00. The maximum absolute atomic E-state index is 13.3. The minimum atomic E-state index is -1.16. The highest BCUT2D eigenvalue weighted by Crippen LogP contribution is 2.39. The second-order valence-electron chi connectivity index (χ2n) is 7.51. The van der Waals surface area contributed by atoms with Crippen molar-refractivity contribution in [2.24, 2.45) is 0 Å². The number of carbonyl (C=O) groups excluding carboxylic acids is 2. The summed E-state index contributed by atoms with van der Waals surface area (Å²) in [5, 5.41) is 24.4. The Morgan fingerprint density at radius 1 is 0.667 bits per heavy atom. The molecule has 4 N–H and O–H groups in total. The molecule has 1 aliphatic carbocycles. The molecule has 0 radical (unpaired) electrons. The third-order valence-electron chi connectivity index (χ3n) is 5.31. The number of fused-ring (bicyclic) bond motifs is 1. The molecule has 10 nitrogen and oxygen atoms in total. The molecule has 0 amide bonds. The molecule has 3 aromatic carbocycles. The molecule has 0 atom stereocenters. The van der Waals surface area contributed by atoms with Crippen molar-refractivity contribution < 1.29 is 29.4 Å². The van der Waals surface area contributed by atoms with Crippen molar-refractivity contribution in [3.63, 3.8) is 0 Å². The van der Waals surface area contributed by atoms with E-state index in [1.54, 1.807) is 12.1 Å². The Balaban J connectivity index is 1.88. The van der Waals surface area contributed by atoms with Gasteiger partial charge in [0.05, 0.1) is 24.3 Å². The molecule has 0 saturated carbocycles. The van der Waals surface area contributed by atoms with Gasteiger partial charge in [0.15, 0.2) is 11.6 Å². The number of benzene rings is 3. The number of nitrogens with one attached hydrogen (secondary N) is 2. The van der Waals surface area contributed by atoms with E-state index in [0.717, 1.165) is 0 Å². The minimum Gasteiger partial charge on any atom is -0.478 e. The van der Waals surface area contributed by atoms with E-state index in [0.29, 0.717) is 11.4 Å². The standard InChI is InChI=1S/C26H14N4O6/c1-27-21-22(28-2)24(32)20-18(30-16-8-4-6-14(12-16)26(35)36)10-9-17(19(20)23(21)31)29-15-7-3-5-13(11-15)25(33)34/h3-12,29-30H,(H,33,34)(H,35,36). The van der Waals surface area contributed by atoms with Crippen molar-refractivity contribution in [1.82, 2.24) is 0 Å². The molecule has 10 heteroatoms. The quantitative estimate of drug-likeness (QED) is 0.363. The smallest absolute Gasteiger partial charge is 0.335 e. The Kier molecular flexibility index (Phi) is 6.02. The number of rotatable bonds is 6. The largest absolute Gasteiger partial charge is 0.478 e. The van der Waals surface area contributed by atoms with E-state index in [4.69, 9.17) is 13.1 Å². The lowest BCUT2D eigenvalue weighted by atomic mass is 9.87. The third-order valence-corrected chi connectivity index (χ3v) is 5.31. The third kappa shape index (κ3) is 4.14. The van der Waals surface area contributed by atoms with Crippen molar-refractivity contribution in [2.45, 2.75) is 0 Å². The van der Waals surface area contributed by atoms with Gasteiger partial charge in [0.1, 0.15) is 0 Å². The van der Waals surface area contributed by atoms with Crippen LogP contribution in [-0.2, 0) is 0 Å². The van der Waals surface area contributed by atoms with Gasteiger partial charge in [-0.3, -0.25) is 0 Å². The van der Waals surface area contributed by atoms with Gasteiger partial charge in [-0.15, -0.1) is 0 Å². The van der Waals surface area contributed by atoms with Crippen LogP contribution < -0.4 is 10.6 Å². The fraction of sp³-hybridized carbons (Fsp3) is 0. The fourth-order valence-electron chi connectivity index (χ4n) is 3.71. The Morgan fingerprint density at radius 2 is 1.06 bits per heavy atom. The molecule has 4 rings (SSSR count). The number of hydrogen-bond acceptors (Lipinski definition) is 6. The molecular weight excluding hydrogens is 464 g/mol. The van der Waals surface area contributed by atoms with E-state index in [9.17, 15) is 29.4 Å². The molecule has 0 aliphatic heterocycles. The first-order valence-corrected chi connectivity index (χ1v) is 10.2.